The third kappa shape index (κ3) is 3.78. The molecule has 2 aromatic rings. The third-order valence-electron chi connectivity index (χ3n) is 4.61. The van der Waals surface area contributed by atoms with Crippen molar-refractivity contribution in [3.63, 3.8) is 0 Å². The summed E-state index contributed by atoms with van der Waals surface area (Å²) in [7, 11) is 1.85. The second-order valence-corrected chi connectivity index (χ2v) is 7.42. The van der Waals surface area contributed by atoms with Gasteiger partial charge in [-0.3, -0.25) is 9.78 Å². The summed E-state index contributed by atoms with van der Waals surface area (Å²) in [6.45, 7) is 7.80. The van der Waals surface area contributed by atoms with Crippen molar-refractivity contribution in [3.8, 4) is 0 Å². The molecule has 0 atom stereocenters. The Kier molecular flexibility index (Phi) is 4.69. The van der Waals surface area contributed by atoms with E-state index < -0.39 is 0 Å². The lowest BCUT2D eigenvalue weighted by molar-refractivity contribution is 0.0703. The van der Waals surface area contributed by atoms with Crippen LogP contribution in [-0.4, -0.2) is 61.9 Å². The first-order valence-corrected chi connectivity index (χ1v) is 8.57. The molecule has 0 bridgehead atoms. The number of aromatic nitrogens is 5. The van der Waals surface area contributed by atoms with E-state index in [4.69, 9.17) is 0 Å². The van der Waals surface area contributed by atoms with E-state index in [1.54, 1.807) is 34.4 Å². The van der Waals surface area contributed by atoms with Gasteiger partial charge >= 0.3 is 0 Å². The van der Waals surface area contributed by atoms with Crippen LogP contribution >= 0.6 is 0 Å². The average molecular weight is 343 g/mol. The Morgan fingerprint density at radius 2 is 1.96 bits per heavy atom. The summed E-state index contributed by atoms with van der Waals surface area (Å²) in [6.07, 6.45) is 8.68. The van der Waals surface area contributed by atoms with Gasteiger partial charge in [0.2, 0.25) is 0 Å². The summed E-state index contributed by atoms with van der Waals surface area (Å²) in [5.74, 6) is 0.816. The first-order valence-electron chi connectivity index (χ1n) is 8.57. The Balaban J connectivity index is 1.61. The number of piperidine rings is 1. The standard InChI is InChI=1S/C17H25N7O/c1-17(2,3)24-12-14(20-21-24)16(25)22(4)13-5-9-23(10-6-13)15-11-18-7-8-19-15/h7-8,11-13H,5-6,9-10H2,1-4H3. The first kappa shape index (κ1) is 17.3. The van der Waals surface area contributed by atoms with Crippen molar-refractivity contribution in [3.05, 3.63) is 30.5 Å². The number of nitrogens with zero attached hydrogens (tertiary/aromatic N) is 7. The number of hydrogen-bond acceptors (Lipinski definition) is 6. The van der Waals surface area contributed by atoms with E-state index in [1.807, 2.05) is 27.8 Å². The second kappa shape index (κ2) is 6.78. The number of anilines is 1. The number of hydrogen-bond donors (Lipinski definition) is 0. The molecule has 8 heteroatoms. The molecular weight excluding hydrogens is 318 g/mol. The van der Waals surface area contributed by atoms with Crippen LogP contribution in [0.2, 0.25) is 0 Å². The van der Waals surface area contributed by atoms with E-state index in [0.29, 0.717) is 5.69 Å². The van der Waals surface area contributed by atoms with Crippen LogP contribution in [0.3, 0.4) is 0 Å². The first-order chi connectivity index (χ1) is 11.9. The number of carbonyl (C=O) groups excluding carboxylic acids is 1. The number of rotatable bonds is 3. The second-order valence-electron chi connectivity index (χ2n) is 7.42. The highest BCUT2D eigenvalue weighted by Gasteiger charge is 2.28. The zero-order valence-electron chi connectivity index (χ0n) is 15.3. The molecule has 0 aliphatic carbocycles. The predicted molar refractivity (Wildman–Crippen MR) is 94.4 cm³/mol. The maximum absolute atomic E-state index is 12.7. The molecule has 1 saturated heterocycles. The van der Waals surface area contributed by atoms with Crippen LogP contribution < -0.4 is 4.90 Å². The average Bonchev–Trinajstić information content (AvgIpc) is 3.12. The van der Waals surface area contributed by atoms with Crippen molar-refractivity contribution in [1.29, 1.82) is 0 Å². The maximum atomic E-state index is 12.7. The Bertz CT molecular complexity index is 714. The Hall–Kier alpha value is -2.51. The van der Waals surface area contributed by atoms with E-state index in [-0.39, 0.29) is 17.5 Å². The summed E-state index contributed by atoms with van der Waals surface area (Å²) in [5.41, 5.74) is 0.209. The highest BCUT2D eigenvalue weighted by Crippen LogP contribution is 2.21. The zero-order valence-corrected chi connectivity index (χ0v) is 15.3. The molecule has 3 heterocycles. The molecule has 1 amide bonds. The molecule has 0 unspecified atom stereocenters. The van der Waals surface area contributed by atoms with Gasteiger partial charge in [0, 0.05) is 38.6 Å². The summed E-state index contributed by atoms with van der Waals surface area (Å²) in [5, 5.41) is 8.14. The monoisotopic (exact) mass is 343 g/mol. The highest BCUT2D eigenvalue weighted by molar-refractivity contribution is 5.92. The van der Waals surface area contributed by atoms with Crippen LogP contribution in [-0.2, 0) is 5.54 Å². The van der Waals surface area contributed by atoms with Crippen LogP contribution in [0.1, 0.15) is 44.1 Å². The van der Waals surface area contributed by atoms with Gasteiger partial charge in [-0.25, -0.2) is 9.67 Å². The largest absolute Gasteiger partial charge is 0.355 e. The molecule has 1 aliphatic rings. The lowest BCUT2D eigenvalue weighted by Crippen LogP contribution is -2.46. The molecule has 0 spiro atoms. The molecule has 0 saturated carbocycles. The topological polar surface area (TPSA) is 80.0 Å². The fourth-order valence-corrected chi connectivity index (χ4v) is 2.97. The van der Waals surface area contributed by atoms with Crippen LogP contribution in [0.25, 0.3) is 0 Å². The fourth-order valence-electron chi connectivity index (χ4n) is 2.97. The van der Waals surface area contributed by atoms with E-state index in [0.717, 1.165) is 31.7 Å². The molecule has 0 radical (unpaired) electrons. The lowest BCUT2D eigenvalue weighted by atomic mass is 10.0. The van der Waals surface area contributed by atoms with Crippen molar-refractivity contribution in [1.82, 2.24) is 29.9 Å². The van der Waals surface area contributed by atoms with Crippen LogP contribution in [0.15, 0.2) is 24.8 Å². The lowest BCUT2D eigenvalue weighted by Gasteiger charge is -2.36. The van der Waals surface area contributed by atoms with E-state index in [1.165, 1.54) is 0 Å². The van der Waals surface area contributed by atoms with E-state index in [2.05, 4.69) is 25.2 Å². The van der Waals surface area contributed by atoms with Crippen molar-refractivity contribution in [2.75, 3.05) is 25.0 Å². The Morgan fingerprint density at radius 3 is 2.52 bits per heavy atom. The normalized spacial score (nSPS) is 16.1. The summed E-state index contributed by atoms with van der Waals surface area (Å²) < 4.78 is 1.73. The fraction of sp³-hybridized carbons (Fsp3) is 0.588. The van der Waals surface area contributed by atoms with Gasteiger partial charge in [0.25, 0.3) is 5.91 Å². The Labute approximate surface area is 147 Å². The molecule has 1 aliphatic heterocycles. The van der Waals surface area contributed by atoms with Crippen LogP contribution in [0.5, 0.6) is 0 Å². The van der Waals surface area contributed by atoms with Gasteiger partial charge in [-0.1, -0.05) is 5.21 Å². The van der Waals surface area contributed by atoms with Crippen molar-refractivity contribution in [2.45, 2.75) is 45.2 Å². The zero-order chi connectivity index (χ0) is 18.0. The van der Waals surface area contributed by atoms with Crippen molar-refractivity contribution >= 4 is 11.7 Å². The summed E-state index contributed by atoms with van der Waals surface area (Å²) >= 11 is 0. The van der Waals surface area contributed by atoms with Crippen LogP contribution in [0, 0.1) is 0 Å². The van der Waals surface area contributed by atoms with Crippen molar-refractivity contribution < 1.29 is 4.79 Å². The minimum atomic E-state index is -0.188. The molecule has 8 nitrogen and oxygen atoms in total. The smallest absolute Gasteiger partial charge is 0.276 e. The van der Waals surface area contributed by atoms with E-state index >= 15 is 0 Å². The molecule has 2 aromatic heterocycles. The van der Waals surface area contributed by atoms with Crippen molar-refractivity contribution in [2.24, 2.45) is 0 Å². The highest BCUT2D eigenvalue weighted by atomic mass is 16.2. The van der Waals surface area contributed by atoms with Gasteiger partial charge in [-0.2, -0.15) is 0 Å². The minimum Gasteiger partial charge on any atom is -0.355 e. The third-order valence-corrected chi connectivity index (χ3v) is 4.61. The summed E-state index contributed by atoms with van der Waals surface area (Å²) in [4.78, 5) is 25.2. The molecular formula is C17H25N7O. The van der Waals surface area contributed by atoms with Gasteiger partial charge in [-0.05, 0) is 33.6 Å². The SMILES string of the molecule is CN(C(=O)c1cn(C(C)(C)C)nn1)C1CCN(c2cnccn2)CC1. The van der Waals surface area contributed by atoms with E-state index in [9.17, 15) is 4.79 Å². The van der Waals surface area contributed by atoms with Gasteiger partial charge in [0.15, 0.2) is 5.69 Å². The molecule has 0 N–H and O–H groups in total. The van der Waals surface area contributed by atoms with Gasteiger partial charge in [-0.15, -0.1) is 5.10 Å². The van der Waals surface area contributed by atoms with Gasteiger partial charge in [0.1, 0.15) is 5.82 Å². The molecule has 0 aromatic carbocycles. The number of amides is 1. The quantitative estimate of drug-likeness (QED) is 0.841. The predicted octanol–water partition coefficient (Wildman–Crippen LogP) is 1.56. The molecule has 1 fully saturated rings. The van der Waals surface area contributed by atoms with Gasteiger partial charge < -0.3 is 9.80 Å². The Morgan fingerprint density at radius 1 is 1.24 bits per heavy atom. The maximum Gasteiger partial charge on any atom is 0.276 e. The van der Waals surface area contributed by atoms with Crippen LogP contribution in [0.4, 0.5) is 5.82 Å². The minimum absolute atomic E-state index is 0.0755. The summed E-state index contributed by atoms with van der Waals surface area (Å²) in [6, 6.07) is 0.195. The molecule has 3 rings (SSSR count). The van der Waals surface area contributed by atoms with Gasteiger partial charge in [0.05, 0.1) is 17.9 Å². The molecule has 25 heavy (non-hydrogen) atoms. The number of carbonyl (C=O) groups is 1. The molecule has 134 valence electrons.